The molecule has 0 bridgehead atoms. The lowest BCUT2D eigenvalue weighted by Crippen LogP contribution is -2.32. The standard InChI is InChI=1S/C22H20ClN3O3/c1-2-11-24-22(27)17-8-4-7-16-14-5-3-6-15(14)20(25-21(16)17)13-9-10-18(23)19(12-13)26(28)29/h2-5,7-10,12,14-15,20,25H,1,6,11H2,(H,24,27). The number of amides is 1. The Balaban J connectivity index is 1.78. The fraction of sp³-hybridized carbons (Fsp3) is 0.227. The van der Waals surface area contributed by atoms with E-state index in [0.29, 0.717) is 12.1 Å². The predicted octanol–water partition coefficient (Wildman–Crippen LogP) is 4.99. The molecule has 29 heavy (non-hydrogen) atoms. The molecule has 0 aromatic heterocycles. The SMILES string of the molecule is C=CCNC(=O)c1cccc2c1NC(c1ccc(Cl)c([N+](=O)[O-])c1)C1CC=CC21. The van der Waals surface area contributed by atoms with E-state index in [1.807, 2.05) is 18.2 Å². The van der Waals surface area contributed by atoms with E-state index in [2.05, 4.69) is 29.4 Å². The van der Waals surface area contributed by atoms with Crippen LogP contribution in [0, 0.1) is 16.0 Å². The van der Waals surface area contributed by atoms with E-state index in [4.69, 9.17) is 11.6 Å². The highest BCUT2D eigenvalue weighted by atomic mass is 35.5. The van der Waals surface area contributed by atoms with Crippen LogP contribution >= 0.6 is 11.6 Å². The van der Waals surface area contributed by atoms with Crippen LogP contribution < -0.4 is 10.6 Å². The zero-order chi connectivity index (χ0) is 20.5. The van der Waals surface area contributed by atoms with Crippen molar-refractivity contribution >= 4 is 28.9 Å². The predicted molar refractivity (Wildman–Crippen MR) is 113 cm³/mol. The summed E-state index contributed by atoms with van der Waals surface area (Å²) in [5.74, 6) is 0.156. The summed E-state index contributed by atoms with van der Waals surface area (Å²) in [6, 6.07) is 10.4. The van der Waals surface area contributed by atoms with Gasteiger partial charge in [-0.1, -0.05) is 48.0 Å². The Morgan fingerprint density at radius 2 is 2.21 bits per heavy atom. The molecule has 4 rings (SSSR count). The second-order valence-electron chi connectivity index (χ2n) is 7.21. The first-order valence-corrected chi connectivity index (χ1v) is 9.78. The minimum absolute atomic E-state index is 0.112. The van der Waals surface area contributed by atoms with Gasteiger partial charge < -0.3 is 10.6 Å². The molecule has 2 aliphatic rings. The average Bonchev–Trinajstić information content (AvgIpc) is 3.21. The molecule has 3 unspecified atom stereocenters. The summed E-state index contributed by atoms with van der Waals surface area (Å²) in [7, 11) is 0. The van der Waals surface area contributed by atoms with Gasteiger partial charge in [0.1, 0.15) is 5.02 Å². The first-order valence-electron chi connectivity index (χ1n) is 9.40. The fourth-order valence-electron chi connectivity index (χ4n) is 4.26. The van der Waals surface area contributed by atoms with E-state index in [-0.39, 0.29) is 34.5 Å². The zero-order valence-electron chi connectivity index (χ0n) is 15.6. The van der Waals surface area contributed by atoms with Crippen LogP contribution in [0.4, 0.5) is 11.4 Å². The number of benzene rings is 2. The molecule has 0 radical (unpaired) electrons. The molecule has 2 aromatic carbocycles. The van der Waals surface area contributed by atoms with Gasteiger partial charge in [-0.15, -0.1) is 6.58 Å². The molecule has 2 N–H and O–H groups in total. The van der Waals surface area contributed by atoms with Crippen LogP contribution in [0.25, 0.3) is 0 Å². The maximum atomic E-state index is 12.7. The molecule has 148 valence electrons. The third-order valence-corrected chi connectivity index (χ3v) is 5.89. The summed E-state index contributed by atoms with van der Waals surface area (Å²) in [5.41, 5.74) is 3.05. The monoisotopic (exact) mass is 409 g/mol. The van der Waals surface area contributed by atoms with E-state index < -0.39 is 4.92 Å². The molecule has 1 aliphatic carbocycles. The number of nitro groups is 1. The minimum atomic E-state index is -0.471. The summed E-state index contributed by atoms with van der Waals surface area (Å²) in [6.07, 6.45) is 6.78. The molecule has 0 saturated heterocycles. The van der Waals surface area contributed by atoms with E-state index in [1.165, 1.54) is 6.07 Å². The van der Waals surface area contributed by atoms with Crippen LogP contribution in [0.3, 0.4) is 0 Å². The number of halogens is 1. The Morgan fingerprint density at radius 3 is 2.97 bits per heavy atom. The van der Waals surface area contributed by atoms with Gasteiger partial charge in [-0.3, -0.25) is 14.9 Å². The van der Waals surface area contributed by atoms with Gasteiger partial charge in [0.05, 0.1) is 22.2 Å². The second-order valence-corrected chi connectivity index (χ2v) is 7.62. The van der Waals surface area contributed by atoms with Crippen LogP contribution in [-0.4, -0.2) is 17.4 Å². The lowest BCUT2D eigenvalue weighted by atomic mass is 9.76. The van der Waals surface area contributed by atoms with Gasteiger partial charge in [0.25, 0.3) is 11.6 Å². The van der Waals surface area contributed by atoms with Crippen molar-refractivity contribution in [3.8, 4) is 0 Å². The number of rotatable bonds is 5. The summed E-state index contributed by atoms with van der Waals surface area (Å²) in [4.78, 5) is 23.6. The second kappa shape index (κ2) is 7.72. The summed E-state index contributed by atoms with van der Waals surface area (Å²) in [5, 5.41) is 17.8. The number of nitrogens with one attached hydrogen (secondary N) is 2. The number of fused-ring (bicyclic) bond motifs is 3. The fourth-order valence-corrected chi connectivity index (χ4v) is 4.45. The van der Waals surface area contributed by atoms with Gasteiger partial charge in [-0.25, -0.2) is 0 Å². The number of carbonyl (C=O) groups excluding carboxylic acids is 1. The van der Waals surface area contributed by atoms with Crippen LogP contribution in [0.15, 0.2) is 61.2 Å². The van der Waals surface area contributed by atoms with E-state index in [9.17, 15) is 14.9 Å². The zero-order valence-corrected chi connectivity index (χ0v) is 16.4. The minimum Gasteiger partial charge on any atom is -0.377 e. The molecule has 3 atom stereocenters. The van der Waals surface area contributed by atoms with E-state index in [0.717, 1.165) is 23.2 Å². The number of allylic oxidation sites excluding steroid dienone is 2. The van der Waals surface area contributed by atoms with Gasteiger partial charge >= 0.3 is 0 Å². The summed E-state index contributed by atoms with van der Waals surface area (Å²) < 4.78 is 0. The molecule has 2 aromatic rings. The maximum Gasteiger partial charge on any atom is 0.288 e. The largest absolute Gasteiger partial charge is 0.377 e. The van der Waals surface area contributed by atoms with Gasteiger partial charge in [-0.05, 0) is 35.6 Å². The highest BCUT2D eigenvalue weighted by molar-refractivity contribution is 6.32. The Hall–Kier alpha value is -3.12. The highest BCUT2D eigenvalue weighted by Gasteiger charge is 2.39. The quantitative estimate of drug-likeness (QED) is 0.414. The van der Waals surface area contributed by atoms with E-state index in [1.54, 1.807) is 18.2 Å². The molecule has 7 heteroatoms. The number of nitro benzene ring substituents is 1. The smallest absolute Gasteiger partial charge is 0.288 e. The van der Waals surface area contributed by atoms with Gasteiger partial charge in [0, 0.05) is 18.5 Å². The molecule has 0 saturated carbocycles. The normalized spacial score (nSPS) is 21.6. The molecular weight excluding hydrogens is 390 g/mol. The number of carbonyl (C=O) groups is 1. The lowest BCUT2D eigenvalue weighted by molar-refractivity contribution is -0.384. The Morgan fingerprint density at radius 1 is 1.38 bits per heavy atom. The van der Waals surface area contributed by atoms with Crippen molar-refractivity contribution in [2.24, 2.45) is 5.92 Å². The van der Waals surface area contributed by atoms with Crippen LogP contribution in [0.1, 0.15) is 39.9 Å². The first-order chi connectivity index (χ1) is 14.0. The van der Waals surface area contributed by atoms with Crippen LogP contribution in [0.2, 0.25) is 5.02 Å². The number of hydrogen-bond donors (Lipinski definition) is 2. The molecule has 6 nitrogen and oxygen atoms in total. The number of hydrogen-bond acceptors (Lipinski definition) is 4. The van der Waals surface area contributed by atoms with Gasteiger partial charge in [0.2, 0.25) is 0 Å². The molecule has 1 heterocycles. The first kappa shape index (κ1) is 19.2. The van der Waals surface area contributed by atoms with Crippen LogP contribution in [-0.2, 0) is 0 Å². The van der Waals surface area contributed by atoms with Gasteiger partial charge in [0.15, 0.2) is 0 Å². The summed E-state index contributed by atoms with van der Waals surface area (Å²) in [6.45, 7) is 4.01. The van der Waals surface area contributed by atoms with Crippen molar-refractivity contribution in [2.45, 2.75) is 18.4 Å². The molecule has 0 fully saturated rings. The van der Waals surface area contributed by atoms with Crippen molar-refractivity contribution in [2.75, 3.05) is 11.9 Å². The average molecular weight is 410 g/mol. The highest BCUT2D eigenvalue weighted by Crippen LogP contribution is 2.51. The summed E-state index contributed by atoms with van der Waals surface area (Å²) >= 11 is 6.00. The molecular formula is C22H20ClN3O3. The van der Waals surface area contributed by atoms with Crippen molar-refractivity contribution < 1.29 is 9.72 Å². The van der Waals surface area contributed by atoms with Crippen LogP contribution in [0.5, 0.6) is 0 Å². The van der Waals surface area contributed by atoms with Crippen molar-refractivity contribution in [1.29, 1.82) is 0 Å². The Bertz CT molecular complexity index is 1030. The van der Waals surface area contributed by atoms with Gasteiger partial charge in [-0.2, -0.15) is 0 Å². The Labute approximate surface area is 173 Å². The topological polar surface area (TPSA) is 84.3 Å². The molecule has 0 spiro atoms. The third-order valence-electron chi connectivity index (χ3n) is 5.57. The number of para-hydroxylation sites is 1. The Kier molecular flexibility index (Phi) is 5.11. The number of anilines is 1. The van der Waals surface area contributed by atoms with E-state index >= 15 is 0 Å². The molecule has 1 amide bonds. The number of nitrogens with zero attached hydrogens (tertiary/aromatic N) is 1. The van der Waals surface area contributed by atoms with Crippen molar-refractivity contribution in [1.82, 2.24) is 5.32 Å². The maximum absolute atomic E-state index is 12.7. The lowest BCUT2D eigenvalue weighted by Gasteiger charge is -2.38. The third kappa shape index (κ3) is 3.40. The van der Waals surface area contributed by atoms with Crippen molar-refractivity contribution in [3.63, 3.8) is 0 Å². The molecule has 1 aliphatic heterocycles. The van der Waals surface area contributed by atoms with Crippen molar-refractivity contribution in [3.05, 3.63) is 93.0 Å².